The molecule has 144 valence electrons. The van der Waals surface area contributed by atoms with Crippen molar-refractivity contribution < 1.29 is 9.84 Å². The van der Waals surface area contributed by atoms with E-state index in [4.69, 9.17) is 4.74 Å². The molecule has 30 heavy (non-hydrogen) atoms. The van der Waals surface area contributed by atoms with E-state index in [1.165, 1.54) is 0 Å². The highest BCUT2D eigenvalue weighted by Gasteiger charge is 2.16. The van der Waals surface area contributed by atoms with E-state index in [1.54, 1.807) is 19.2 Å². The molecule has 1 atom stereocenters. The number of benzene rings is 3. The number of fused-ring (bicyclic) bond motifs is 6. The molecular weight excluding hydrogens is 372 g/mol. The number of rotatable bonds is 1. The van der Waals surface area contributed by atoms with Gasteiger partial charge in [-0.05, 0) is 63.7 Å². The van der Waals surface area contributed by atoms with Crippen molar-refractivity contribution in [2.75, 3.05) is 7.11 Å². The SMILES string of the molecule is COc1cc2c3cc(ccc3n1)C(O)c1ccc(C#N)c(c1)/C=C/c1cccc-2c1. The lowest BCUT2D eigenvalue weighted by atomic mass is 9.94. The Balaban J connectivity index is 1.86. The fraction of sp³-hybridized carbons (Fsp3) is 0.0769. The van der Waals surface area contributed by atoms with Crippen LogP contribution in [0.3, 0.4) is 0 Å². The Morgan fingerprint density at radius 3 is 2.63 bits per heavy atom. The van der Waals surface area contributed by atoms with Crippen LogP contribution >= 0.6 is 0 Å². The summed E-state index contributed by atoms with van der Waals surface area (Å²) < 4.78 is 5.42. The molecule has 0 aliphatic heterocycles. The second kappa shape index (κ2) is 7.14. The highest BCUT2D eigenvalue weighted by Crippen LogP contribution is 2.35. The first-order valence-corrected chi connectivity index (χ1v) is 9.65. The molecule has 0 radical (unpaired) electrons. The Morgan fingerprint density at radius 1 is 0.967 bits per heavy atom. The van der Waals surface area contributed by atoms with E-state index in [0.29, 0.717) is 11.4 Å². The van der Waals surface area contributed by atoms with Crippen molar-refractivity contribution in [1.82, 2.24) is 4.98 Å². The summed E-state index contributed by atoms with van der Waals surface area (Å²) in [4.78, 5) is 4.57. The maximum Gasteiger partial charge on any atom is 0.214 e. The van der Waals surface area contributed by atoms with Gasteiger partial charge in [-0.2, -0.15) is 5.26 Å². The van der Waals surface area contributed by atoms with Gasteiger partial charge in [0.05, 0.1) is 24.3 Å². The van der Waals surface area contributed by atoms with Crippen LogP contribution in [-0.2, 0) is 0 Å². The number of aliphatic hydroxyl groups is 1. The van der Waals surface area contributed by atoms with Crippen molar-refractivity contribution in [2.45, 2.75) is 6.10 Å². The number of aliphatic hydroxyl groups excluding tert-OH is 1. The van der Waals surface area contributed by atoms with Gasteiger partial charge in [-0.25, -0.2) is 4.98 Å². The number of hydrogen-bond acceptors (Lipinski definition) is 4. The summed E-state index contributed by atoms with van der Waals surface area (Å²) in [6.07, 6.45) is 3.09. The zero-order chi connectivity index (χ0) is 20.7. The molecule has 4 heteroatoms. The van der Waals surface area contributed by atoms with Crippen LogP contribution < -0.4 is 4.74 Å². The van der Waals surface area contributed by atoms with E-state index >= 15 is 0 Å². The smallest absolute Gasteiger partial charge is 0.214 e. The van der Waals surface area contributed by atoms with Crippen LogP contribution in [0.4, 0.5) is 0 Å². The number of methoxy groups -OCH3 is 1. The number of hydrogen-bond donors (Lipinski definition) is 1. The molecule has 1 heterocycles. The first kappa shape index (κ1) is 18.1. The van der Waals surface area contributed by atoms with E-state index in [9.17, 15) is 10.4 Å². The number of ether oxygens (including phenoxy) is 1. The maximum absolute atomic E-state index is 11.1. The van der Waals surface area contributed by atoms with Crippen molar-refractivity contribution in [2.24, 2.45) is 0 Å². The molecule has 1 N–H and O–H groups in total. The Labute approximate surface area is 174 Å². The van der Waals surface area contributed by atoms with Crippen molar-refractivity contribution in [3.63, 3.8) is 0 Å². The standard InChI is InChI=1S/C26H18N2O2/c1-30-25-14-22-18-4-2-3-16(11-18)5-6-17-12-19(7-8-21(17)15-27)26(29)20-9-10-24(28-25)23(22)13-20/h2-14,26,29H,1H3/b6-5+. The van der Waals surface area contributed by atoms with Gasteiger partial charge in [0, 0.05) is 11.5 Å². The fourth-order valence-corrected chi connectivity index (χ4v) is 3.91. The van der Waals surface area contributed by atoms with Gasteiger partial charge in [-0.1, -0.05) is 42.5 Å². The largest absolute Gasteiger partial charge is 0.481 e. The average molecular weight is 390 g/mol. The predicted molar refractivity (Wildman–Crippen MR) is 118 cm³/mol. The third-order valence-corrected chi connectivity index (χ3v) is 5.50. The minimum absolute atomic E-state index is 0.543. The average Bonchev–Trinajstić information content (AvgIpc) is 2.80. The molecule has 1 aliphatic rings. The normalized spacial score (nSPS) is 15.6. The molecule has 1 unspecified atom stereocenters. The molecule has 3 aromatic carbocycles. The van der Waals surface area contributed by atoms with Gasteiger partial charge in [0.2, 0.25) is 5.88 Å². The monoisotopic (exact) mass is 390 g/mol. The van der Waals surface area contributed by atoms with Crippen molar-refractivity contribution in [1.29, 1.82) is 5.26 Å². The van der Waals surface area contributed by atoms with Crippen LogP contribution in [0.1, 0.15) is 33.9 Å². The summed E-state index contributed by atoms with van der Waals surface area (Å²) in [6, 6.07) is 23.5. The Morgan fingerprint density at radius 2 is 1.80 bits per heavy atom. The molecule has 4 aromatic rings. The van der Waals surface area contributed by atoms with Crippen molar-refractivity contribution in [3.8, 4) is 23.1 Å². The number of nitrogens with zero attached hydrogens (tertiary/aromatic N) is 2. The topological polar surface area (TPSA) is 66.1 Å². The van der Waals surface area contributed by atoms with Gasteiger partial charge in [-0.3, -0.25) is 0 Å². The van der Waals surface area contributed by atoms with E-state index in [2.05, 4.69) is 23.2 Å². The van der Waals surface area contributed by atoms with Gasteiger partial charge in [0.15, 0.2) is 0 Å². The van der Waals surface area contributed by atoms with Crippen LogP contribution in [0, 0.1) is 11.3 Å². The highest BCUT2D eigenvalue weighted by atomic mass is 16.5. The summed E-state index contributed by atoms with van der Waals surface area (Å²) in [5.41, 5.74) is 6.69. The van der Waals surface area contributed by atoms with Crippen molar-refractivity contribution >= 4 is 23.1 Å². The van der Waals surface area contributed by atoms with E-state index in [0.717, 1.165) is 44.3 Å². The molecule has 5 rings (SSSR count). The number of pyridine rings is 1. The van der Waals surface area contributed by atoms with Gasteiger partial charge in [-0.15, -0.1) is 0 Å². The molecule has 0 amide bonds. The number of nitriles is 1. The molecule has 0 saturated carbocycles. The van der Waals surface area contributed by atoms with E-state index < -0.39 is 6.10 Å². The highest BCUT2D eigenvalue weighted by molar-refractivity contribution is 5.96. The lowest BCUT2D eigenvalue weighted by molar-refractivity contribution is 0.220. The van der Waals surface area contributed by atoms with Crippen LogP contribution in [0.25, 0.3) is 34.2 Å². The Kier molecular flexibility index (Phi) is 4.31. The summed E-state index contributed by atoms with van der Waals surface area (Å²) in [5, 5.41) is 21.5. The fourth-order valence-electron chi connectivity index (χ4n) is 3.91. The van der Waals surface area contributed by atoms with Crippen molar-refractivity contribution in [3.05, 3.63) is 94.5 Å². The third-order valence-electron chi connectivity index (χ3n) is 5.50. The van der Waals surface area contributed by atoms with Crippen LogP contribution in [0.15, 0.2) is 66.7 Å². The lowest BCUT2D eigenvalue weighted by Crippen LogP contribution is -2.01. The van der Waals surface area contributed by atoms with Crippen LogP contribution in [0.5, 0.6) is 5.88 Å². The molecule has 0 fully saturated rings. The van der Waals surface area contributed by atoms with Crippen LogP contribution in [0.2, 0.25) is 0 Å². The zero-order valence-corrected chi connectivity index (χ0v) is 16.3. The number of aromatic nitrogens is 1. The summed E-state index contributed by atoms with van der Waals surface area (Å²) >= 11 is 0. The lowest BCUT2D eigenvalue weighted by Gasteiger charge is -2.15. The Bertz CT molecular complexity index is 1370. The second-order valence-corrected chi connectivity index (χ2v) is 7.31. The predicted octanol–water partition coefficient (Wildman–Crippen LogP) is 5.35. The molecule has 1 aliphatic carbocycles. The van der Waals surface area contributed by atoms with E-state index in [1.807, 2.05) is 54.6 Å². The Hall–Kier alpha value is -3.94. The minimum Gasteiger partial charge on any atom is -0.481 e. The minimum atomic E-state index is -0.812. The molecule has 4 nitrogen and oxygen atoms in total. The van der Waals surface area contributed by atoms with Gasteiger partial charge >= 0.3 is 0 Å². The first-order valence-electron chi connectivity index (χ1n) is 9.65. The molecular formula is C26H18N2O2. The summed E-state index contributed by atoms with van der Waals surface area (Å²) in [6.45, 7) is 0. The summed E-state index contributed by atoms with van der Waals surface area (Å²) in [7, 11) is 1.61. The summed E-state index contributed by atoms with van der Waals surface area (Å²) in [5.74, 6) is 0.543. The van der Waals surface area contributed by atoms with Gasteiger partial charge in [0.25, 0.3) is 0 Å². The maximum atomic E-state index is 11.1. The third kappa shape index (κ3) is 3.02. The second-order valence-electron chi connectivity index (χ2n) is 7.31. The van der Waals surface area contributed by atoms with E-state index in [-0.39, 0.29) is 0 Å². The molecule has 6 bridgehead atoms. The molecule has 1 aromatic heterocycles. The van der Waals surface area contributed by atoms with Gasteiger partial charge in [0.1, 0.15) is 6.10 Å². The van der Waals surface area contributed by atoms with Gasteiger partial charge < -0.3 is 9.84 Å². The quantitative estimate of drug-likeness (QED) is 0.476. The first-order chi connectivity index (χ1) is 14.7. The molecule has 0 spiro atoms. The van der Waals surface area contributed by atoms with Crippen LogP contribution in [-0.4, -0.2) is 17.2 Å². The molecule has 0 saturated heterocycles. The zero-order valence-electron chi connectivity index (χ0n) is 16.3.